The number of benzene rings is 2. The molecule has 9 heteroatoms. The van der Waals surface area contributed by atoms with Crippen molar-refractivity contribution < 1.29 is 0 Å². The van der Waals surface area contributed by atoms with Crippen molar-refractivity contribution in [3.05, 3.63) is 59.7 Å². The maximum Gasteiger partial charge on any atom is 0.211 e. The molecule has 28 heavy (non-hydrogen) atoms. The van der Waals surface area contributed by atoms with Gasteiger partial charge in [-0.2, -0.15) is 5.10 Å². The van der Waals surface area contributed by atoms with Crippen LogP contribution in [0.5, 0.6) is 0 Å². The quantitative estimate of drug-likeness (QED) is 0.228. The summed E-state index contributed by atoms with van der Waals surface area (Å²) in [5.74, 6) is 0.735. The second kappa shape index (κ2) is 10.0. The van der Waals surface area contributed by atoms with Gasteiger partial charge in [0.2, 0.25) is 5.96 Å². The zero-order valence-electron chi connectivity index (χ0n) is 16.0. The van der Waals surface area contributed by atoms with Gasteiger partial charge in [0, 0.05) is 31.0 Å². The van der Waals surface area contributed by atoms with Gasteiger partial charge < -0.3 is 27.4 Å². The standard InChI is InChI=1S/C19H24N8S/c1-12(26-27-18(20)21)14-5-4-6-16(11-14)25-19(28)24-15-9-7-13(8-10-15)17(22-2)23-3/h4-11H,1-3H3,(H,22,23)(H4,20,21,27)(H2,24,25,28)/b26-12-. The molecule has 0 aromatic heterocycles. The van der Waals surface area contributed by atoms with Crippen LogP contribution in [0.15, 0.2) is 63.7 Å². The van der Waals surface area contributed by atoms with Crippen molar-refractivity contribution >= 4 is 46.2 Å². The fraction of sp³-hybridized carbons (Fsp3) is 0.158. The highest BCUT2D eigenvalue weighted by atomic mass is 32.1. The summed E-state index contributed by atoms with van der Waals surface area (Å²) < 4.78 is 0. The van der Waals surface area contributed by atoms with E-state index in [0.717, 1.165) is 28.3 Å². The molecule has 0 aliphatic rings. The summed E-state index contributed by atoms with van der Waals surface area (Å²) in [6, 6.07) is 15.4. The lowest BCUT2D eigenvalue weighted by Crippen LogP contribution is -2.22. The molecule has 0 atom stereocenters. The van der Waals surface area contributed by atoms with E-state index in [-0.39, 0.29) is 5.96 Å². The third kappa shape index (κ3) is 6.06. The van der Waals surface area contributed by atoms with Gasteiger partial charge >= 0.3 is 0 Å². The molecule has 2 aromatic rings. The molecule has 0 heterocycles. The Balaban J connectivity index is 2.04. The van der Waals surface area contributed by atoms with Gasteiger partial charge in [0.1, 0.15) is 5.84 Å². The van der Waals surface area contributed by atoms with Crippen LogP contribution in [-0.2, 0) is 0 Å². The molecule has 0 amide bonds. The monoisotopic (exact) mass is 396 g/mol. The molecule has 0 saturated carbocycles. The van der Waals surface area contributed by atoms with E-state index in [2.05, 4.69) is 31.1 Å². The Morgan fingerprint density at radius 3 is 2.21 bits per heavy atom. The van der Waals surface area contributed by atoms with Crippen molar-refractivity contribution in [2.24, 2.45) is 26.7 Å². The summed E-state index contributed by atoms with van der Waals surface area (Å²) >= 11 is 5.40. The molecule has 2 aromatic carbocycles. The average Bonchev–Trinajstić information content (AvgIpc) is 2.68. The number of hydrogen-bond acceptors (Lipinski definition) is 4. The number of guanidine groups is 1. The van der Waals surface area contributed by atoms with E-state index < -0.39 is 0 Å². The minimum Gasteiger partial charge on any atom is -0.373 e. The molecule has 146 valence electrons. The number of nitrogens with two attached hydrogens (primary N) is 2. The van der Waals surface area contributed by atoms with E-state index in [4.69, 9.17) is 23.7 Å². The number of anilines is 2. The normalized spacial score (nSPS) is 11.5. The summed E-state index contributed by atoms with van der Waals surface area (Å²) in [7, 11) is 3.58. The number of rotatable bonds is 5. The molecule has 0 radical (unpaired) electrons. The molecular weight excluding hydrogens is 372 g/mol. The SMILES string of the molecule is CN=C(NC)c1ccc(NC(=S)Nc2cccc(/C(C)=N\N=C(N)N)c2)cc1. The lowest BCUT2D eigenvalue weighted by molar-refractivity contribution is 1.15. The first-order valence-electron chi connectivity index (χ1n) is 8.49. The van der Waals surface area contributed by atoms with Gasteiger partial charge in [-0.3, -0.25) is 4.99 Å². The Morgan fingerprint density at radius 1 is 0.929 bits per heavy atom. The van der Waals surface area contributed by atoms with E-state index >= 15 is 0 Å². The van der Waals surface area contributed by atoms with E-state index in [1.807, 2.05) is 62.5 Å². The maximum absolute atomic E-state index is 5.40. The van der Waals surface area contributed by atoms with E-state index in [1.54, 1.807) is 7.05 Å². The first-order chi connectivity index (χ1) is 13.4. The Bertz CT molecular complexity index is 912. The number of thiocarbonyl (C=S) groups is 1. The topological polar surface area (TPSA) is 125 Å². The Labute approximate surface area is 169 Å². The van der Waals surface area contributed by atoms with E-state index in [0.29, 0.717) is 10.8 Å². The lowest BCUT2D eigenvalue weighted by atomic mass is 10.1. The summed E-state index contributed by atoms with van der Waals surface area (Å²) in [6.07, 6.45) is 0. The van der Waals surface area contributed by atoms with Gasteiger partial charge in [-0.05, 0) is 61.1 Å². The Kier molecular flexibility index (Phi) is 7.46. The summed E-state index contributed by atoms with van der Waals surface area (Å²) in [4.78, 5) is 4.18. The summed E-state index contributed by atoms with van der Waals surface area (Å²) in [5.41, 5.74) is 14.9. The largest absolute Gasteiger partial charge is 0.373 e. The zero-order chi connectivity index (χ0) is 20.5. The lowest BCUT2D eigenvalue weighted by Gasteiger charge is -2.12. The van der Waals surface area contributed by atoms with E-state index in [9.17, 15) is 0 Å². The molecule has 0 fully saturated rings. The van der Waals surface area contributed by atoms with Crippen LogP contribution in [0.2, 0.25) is 0 Å². The smallest absolute Gasteiger partial charge is 0.211 e. The maximum atomic E-state index is 5.40. The second-order valence-corrected chi connectivity index (χ2v) is 6.18. The predicted molar refractivity (Wildman–Crippen MR) is 122 cm³/mol. The molecular formula is C19H24N8S. The summed E-state index contributed by atoms with van der Waals surface area (Å²) in [6.45, 7) is 1.82. The van der Waals surface area contributed by atoms with Gasteiger partial charge in [0.25, 0.3) is 0 Å². The second-order valence-electron chi connectivity index (χ2n) is 5.77. The first-order valence-corrected chi connectivity index (χ1v) is 8.90. The van der Waals surface area contributed by atoms with Gasteiger partial charge in [-0.1, -0.05) is 12.1 Å². The molecule has 0 saturated heterocycles. The summed E-state index contributed by atoms with van der Waals surface area (Å²) in [5, 5.41) is 17.5. The van der Waals surface area contributed by atoms with Gasteiger partial charge in [-0.25, -0.2) is 0 Å². The molecule has 0 bridgehead atoms. The van der Waals surface area contributed by atoms with Crippen LogP contribution < -0.4 is 27.4 Å². The van der Waals surface area contributed by atoms with Crippen molar-refractivity contribution in [3.63, 3.8) is 0 Å². The molecule has 2 rings (SSSR count). The number of hydrogen-bond donors (Lipinski definition) is 5. The number of aliphatic imine (C=N–C) groups is 1. The first kappa shape index (κ1) is 20.8. The average molecular weight is 397 g/mol. The van der Waals surface area contributed by atoms with Crippen molar-refractivity contribution in [2.45, 2.75) is 6.92 Å². The third-order valence-electron chi connectivity index (χ3n) is 3.73. The molecule has 0 aliphatic heterocycles. The fourth-order valence-electron chi connectivity index (χ4n) is 2.40. The predicted octanol–water partition coefficient (Wildman–Crippen LogP) is 2.09. The highest BCUT2D eigenvalue weighted by Crippen LogP contribution is 2.14. The zero-order valence-corrected chi connectivity index (χ0v) is 16.8. The van der Waals surface area contributed by atoms with Crippen LogP contribution in [0.4, 0.5) is 11.4 Å². The highest BCUT2D eigenvalue weighted by Gasteiger charge is 2.04. The van der Waals surface area contributed by atoms with Crippen molar-refractivity contribution in [1.29, 1.82) is 0 Å². The fourth-order valence-corrected chi connectivity index (χ4v) is 2.64. The van der Waals surface area contributed by atoms with Gasteiger partial charge in [-0.15, -0.1) is 5.10 Å². The van der Waals surface area contributed by atoms with Crippen LogP contribution in [0.1, 0.15) is 18.1 Å². The van der Waals surface area contributed by atoms with Gasteiger partial charge in [0.05, 0.1) is 5.71 Å². The molecule has 8 nitrogen and oxygen atoms in total. The molecule has 7 N–H and O–H groups in total. The van der Waals surface area contributed by atoms with Crippen molar-refractivity contribution in [1.82, 2.24) is 5.32 Å². The highest BCUT2D eigenvalue weighted by molar-refractivity contribution is 7.80. The Hall–Kier alpha value is -3.46. The van der Waals surface area contributed by atoms with Crippen LogP contribution in [-0.4, -0.2) is 36.7 Å². The number of nitrogens with zero attached hydrogens (tertiary/aromatic N) is 3. The molecule has 0 spiro atoms. The van der Waals surface area contributed by atoms with Gasteiger partial charge in [0.15, 0.2) is 5.11 Å². The number of nitrogens with one attached hydrogen (secondary N) is 3. The number of amidine groups is 1. The van der Waals surface area contributed by atoms with E-state index in [1.165, 1.54) is 0 Å². The van der Waals surface area contributed by atoms with Crippen LogP contribution in [0.3, 0.4) is 0 Å². The van der Waals surface area contributed by atoms with Crippen LogP contribution >= 0.6 is 12.2 Å². The minimum atomic E-state index is -0.0860. The van der Waals surface area contributed by atoms with Crippen LogP contribution in [0, 0.1) is 0 Å². The van der Waals surface area contributed by atoms with Crippen molar-refractivity contribution in [3.8, 4) is 0 Å². The third-order valence-corrected chi connectivity index (χ3v) is 3.93. The molecule has 0 unspecified atom stereocenters. The molecule has 0 aliphatic carbocycles. The Morgan fingerprint density at radius 2 is 1.61 bits per heavy atom. The van der Waals surface area contributed by atoms with Crippen LogP contribution in [0.25, 0.3) is 0 Å². The van der Waals surface area contributed by atoms with Crippen molar-refractivity contribution in [2.75, 3.05) is 24.7 Å². The minimum absolute atomic E-state index is 0.0860.